The highest BCUT2D eigenvalue weighted by atomic mass is 16.6. The summed E-state index contributed by atoms with van der Waals surface area (Å²) in [5.74, 6) is -6.47. The minimum Gasteiger partial charge on any atom is -0.479 e. The Labute approximate surface area is 529 Å². The lowest BCUT2D eigenvalue weighted by Crippen LogP contribution is -2.59. The van der Waals surface area contributed by atoms with Crippen molar-refractivity contribution in [1.82, 2.24) is 30.5 Å². The van der Waals surface area contributed by atoms with Crippen molar-refractivity contribution >= 4 is 47.2 Å². The van der Waals surface area contributed by atoms with Crippen molar-refractivity contribution in [3.63, 3.8) is 0 Å². The predicted molar refractivity (Wildman–Crippen MR) is 317 cm³/mol. The van der Waals surface area contributed by atoms with Crippen LogP contribution in [0.1, 0.15) is 50.9 Å². The number of anilines is 1. The first-order chi connectivity index (χ1) is 43.9. The molecule has 91 heavy (non-hydrogen) atoms. The number of ether oxygens (including phenoxy) is 14. The van der Waals surface area contributed by atoms with Crippen LogP contribution in [0.4, 0.5) is 5.69 Å². The highest BCUT2D eigenvalue weighted by Gasteiger charge is 2.46. The summed E-state index contributed by atoms with van der Waals surface area (Å²) in [6.45, 7) is 16.0. The van der Waals surface area contributed by atoms with Crippen LogP contribution in [-0.2, 0) is 126 Å². The van der Waals surface area contributed by atoms with Gasteiger partial charge in [-0.15, -0.1) is 5.10 Å². The van der Waals surface area contributed by atoms with Gasteiger partial charge in [-0.1, -0.05) is 25.1 Å². The van der Waals surface area contributed by atoms with Crippen LogP contribution in [0.2, 0.25) is 0 Å². The Hall–Kier alpha value is -6.05. The van der Waals surface area contributed by atoms with E-state index in [0.29, 0.717) is 150 Å². The number of aliphatic carboxylic acids is 1. The van der Waals surface area contributed by atoms with Crippen molar-refractivity contribution < 1.29 is 120 Å². The van der Waals surface area contributed by atoms with Crippen LogP contribution < -0.4 is 16.0 Å². The third kappa shape index (κ3) is 30.5. The number of carbonyl (C=O) groups is 7. The van der Waals surface area contributed by atoms with Crippen LogP contribution in [-0.4, -0.2) is 290 Å². The van der Waals surface area contributed by atoms with Gasteiger partial charge in [0.15, 0.2) is 6.10 Å². The molecule has 2 aliphatic rings. The van der Waals surface area contributed by atoms with Crippen LogP contribution >= 0.6 is 0 Å². The molecule has 0 spiro atoms. The van der Waals surface area contributed by atoms with Gasteiger partial charge in [0.2, 0.25) is 17.7 Å². The Kier molecular flexibility index (Phi) is 38.5. The SMILES string of the molecule is COCCOCCOCCOCCOCCOCCOCCOCCOCCOCCOCCOCCn1cc(CC(C(=O)N[C@H](C(=O)N[C@@H](C)C(=O)Nc2ccc(COC(C)=O)c(CC[C@@H]3O[C@H](C(=O)O)[C@@H](O)[C@H](O)[C@H]3O)c2)C(C)C)N2C(=O)C=CC2=O)nn1. The van der Waals surface area contributed by atoms with Crippen LogP contribution in [0, 0.1) is 5.92 Å². The fourth-order valence-corrected chi connectivity index (χ4v) is 8.71. The maximum atomic E-state index is 14.1. The zero-order valence-electron chi connectivity index (χ0n) is 52.6. The van der Waals surface area contributed by atoms with E-state index in [-0.39, 0.29) is 57.0 Å². The normalized spacial score (nSPS) is 18.4. The number of hydrogen-bond acceptors (Lipinski definition) is 26. The summed E-state index contributed by atoms with van der Waals surface area (Å²) >= 11 is 0. The lowest BCUT2D eigenvalue weighted by Gasteiger charge is -2.39. The van der Waals surface area contributed by atoms with E-state index >= 15 is 0 Å². The van der Waals surface area contributed by atoms with Crippen LogP contribution in [0.25, 0.3) is 0 Å². The third-order valence-electron chi connectivity index (χ3n) is 13.6. The average Bonchev–Trinajstić information content (AvgIpc) is 1.81. The van der Waals surface area contributed by atoms with Gasteiger partial charge in [-0.05, 0) is 48.9 Å². The fraction of sp³-hybridized carbons (Fsp3) is 0.712. The number of nitrogens with one attached hydrogen (secondary N) is 3. The zero-order valence-corrected chi connectivity index (χ0v) is 52.6. The van der Waals surface area contributed by atoms with Crippen molar-refractivity contribution in [3.05, 3.63) is 53.4 Å². The Bertz CT molecular complexity index is 2470. The minimum atomic E-state index is -1.88. The summed E-state index contributed by atoms with van der Waals surface area (Å²) in [6, 6.07) is 0.714. The van der Waals surface area contributed by atoms with Gasteiger partial charge in [0.05, 0.1) is 170 Å². The molecule has 1 fully saturated rings. The molecule has 1 saturated heterocycles. The predicted octanol–water partition coefficient (Wildman–Crippen LogP) is -1.84. The minimum absolute atomic E-state index is 0.0584. The Morgan fingerprint density at radius 1 is 0.604 bits per heavy atom. The molecular weight excluding hydrogens is 1210 g/mol. The van der Waals surface area contributed by atoms with E-state index in [1.807, 2.05) is 0 Å². The summed E-state index contributed by atoms with van der Waals surface area (Å²) in [5, 5.41) is 56.7. The molecule has 3 heterocycles. The number of carboxylic acids is 1. The number of carboxylic acid groups (broad SMARTS) is 1. The lowest BCUT2D eigenvalue weighted by atomic mass is 9.91. The average molecular weight is 1300 g/mol. The van der Waals surface area contributed by atoms with Gasteiger partial charge in [-0.25, -0.2) is 9.48 Å². The first-order valence-corrected chi connectivity index (χ1v) is 30.3. The third-order valence-corrected chi connectivity index (χ3v) is 13.6. The number of rotatable bonds is 52. The van der Waals surface area contributed by atoms with E-state index in [1.54, 1.807) is 33.1 Å². The Morgan fingerprint density at radius 3 is 1.53 bits per heavy atom. The first kappa shape index (κ1) is 77.4. The van der Waals surface area contributed by atoms with Gasteiger partial charge in [0, 0.05) is 44.5 Å². The molecule has 0 saturated carbocycles. The van der Waals surface area contributed by atoms with E-state index in [0.717, 1.165) is 17.1 Å². The van der Waals surface area contributed by atoms with Gasteiger partial charge in [0.1, 0.15) is 43.0 Å². The first-order valence-electron chi connectivity index (χ1n) is 30.3. The highest BCUT2D eigenvalue weighted by molar-refractivity contribution is 6.15. The van der Waals surface area contributed by atoms with Gasteiger partial charge in [-0.2, -0.15) is 0 Å². The summed E-state index contributed by atoms with van der Waals surface area (Å²) in [6.07, 6.45) is -5.00. The largest absolute Gasteiger partial charge is 0.479 e. The van der Waals surface area contributed by atoms with E-state index in [2.05, 4.69) is 26.3 Å². The number of methoxy groups -OCH3 is 1. The Morgan fingerprint density at radius 2 is 1.08 bits per heavy atom. The van der Waals surface area contributed by atoms with Gasteiger partial charge < -0.3 is 103 Å². The zero-order chi connectivity index (χ0) is 66.2. The summed E-state index contributed by atoms with van der Waals surface area (Å²) in [5.41, 5.74) is 1.47. The number of benzene rings is 1. The van der Waals surface area contributed by atoms with E-state index < -0.39 is 96.0 Å². The van der Waals surface area contributed by atoms with E-state index in [1.165, 1.54) is 30.8 Å². The second kappa shape index (κ2) is 45.3. The molecule has 8 atom stereocenters. The molecule has 2 aliphatic heterocycles. The molecule has 514 valence electrons. The molecule has 0 aliphatic carbocycles. The topological polar surface area (TPSA) is 400 Å². The summed E-state index contributed by atoms with van der Waals surface area (Å²) in [4.78, 5) is 91.4. The molecule has 5 amide bonds. The summed E-state index contributed by atoms with van der Waals surface area (Å²) < 4.78 is 77.5. The number of aromatic nitrogens is 3. The standard InChI is InChI=1S/C59H93N7O25/c1-40(2)51(58(75)60-41(3)56(73)61-45-8-6-44(39-90-42(4)67)43(36-45)7-9-48-52(70)53(71)54(72)55(91-48)59(76)77)62-57(74)47(66-49(68)10-11-50(66)69)37-46-38-65(64-63-46)12-13-79-16-17-81-20-21-83-24-25-85-28-29-87-32-33-89-35-34-88-31-30-86-27-26-84-23-22-82-19-18-80-15-14-78-5/h6,8,10-11,36,38,40-41,47-48,51-55,70-72H,7,9,12-35,37,39H2,1-5H3,(H,60,75)(H,61,73)(H,62,74)(H,76,77)/t41-,47?,48-,51-,52-,53+,54-,55-/m0/s1. The van der Waals surface area contributed by atoms with Crippen molar-refractivity contribution in [1.29, 1.82) is 0 Å². The smallest absolute Gasteiger partial charge is 0.335 e. The van der Waals surface area contributed by atoms with Gasteiger partial charge in [-0.3, -0.25) is 33.7 Å². The molecule has 1 unspecified atom stereocenters. The molecule has 0 bridgehead atoms. The number of amides is 5. The number of esters is 1. The number of carbonyl (C=O) groups excluding carboxylic acids is 6. The maximum Gasteiger partial charge on any atom is 0.335 e. The second-order valence-electron chi connectivity index (χ2n) is 21.0. The van der Waals surface area contributed by atoms with Crippen LogP contribution in [0.5, 0.6) is 0 Å². The number of aliphatic hydroxyl groups is 3. The van der Waals surface area contributed by atoms with Crippen LogP contribution in [0.15, 0.2) is 36.5 Å². The maximum absolute atomic E-state index is 14.1. The number of aliphatic hydroxyl groups excluding tert-OH is 3. The Balaban J connectivity index is 1.07. The van der Waals surface area contributed by atoms with Crippen LogP contribution in [0.3, 0.4) is 0 Å². The van der Waals surface area contributed by atoms with Crippen molar-refractivity contribution in [2.75, 3.05) is 164 Å². The molecule has 2 aromatic rings. The fourth-order valence-electron chi connectivity index (χ4n) is 8.71. The second-order valence-corrected chi connectivity index (χ2v) is 21.0. The van der Waals surface area contributed by atoms with E-state index in [9.17, 15) is 54.0 Å². The van der Waals surface area contributed by atoms with Crippen molar-refractivity contribution in [2.45, 2.75) is 109 Å². The molecule has 0 radical (unpaired) electrons. The molecule has 1 aromatic carbocycles. The molecular formula is C59H93N7O25. The van der Waals surface area contributed by atoms with Gasteiger partial charge >= 0.3 is 11.9 Å². The number of imide groups is 1. The van der Waals surface area contributed by atoms with Crippen molar-refractivity contribution in [3.8, 4) is 0 Å². The van der Waals surface area contributed by atoms with Gasteiger partial charge in [0.25, 0.3) is 11.8 Å². The molecule has 7 N–H and O–H groups in total. The molecule has 4 rings (SSSR count). The highest BCUT2D eigenvalue weighted by Crippen LogP contribution is 2.27. The number of nitrogens with zero attached hydrogens (tertiary/aromatic N) is 4. The monoisotopic (exact) mass is 1300 g/mol. The summed E-state index contributed by atoms with van der Waals surface area (Å²) in [7, 11) is 1.63. The lowest BCUT2D eigenvalue weighted by molar-refractivity contribution is -0.228. The van der Waals surface area contributed by atoms with Crippen molar-refractivity contribution in [2.24, 2.45) is 5.92 Å². The molecule has 1 aromatic heterocycles. The number of aryl methyl sites for hydroxylation is 1. The quantitative estimate of drug-likeness (QED) is 0.0217. The molecule has 32 heteroatoms. The number of hydrogen-bond donors (Lipinski definition) is 7. The van der Waals surface area contributed by atoms with E-state index in [4.69, 9.17) is 66.3 Å². The molecule has 32 nitrogen and oxygen atoms in total.